The van der Waals surface area contributed by atoms with Crippen LogP contribution in [0.4, 0.5) is 26.3 Å². The summed E-state index contributed by atoms with van der Waals surface area (Å²) in [6.45, 7) is 0. The lowest BCUT2D eigenvalue weighted by Crippen LogP contribution is -2.13. The van der Waals surface area contributed by atoms with Gasteiger partial charge < -0.3 is 4.74 Å². The number of benzene rings is 2. The third-order valence-corrected chi connectivity index (χ3v) is 4.38. The number of rotatable bonds is 3. The van der Waals surface area contributed by atoms with Gasteiger partial charge in [-0.1, -0.05) is 36.4 Å². The lowest BCUT2D eigenvalue weighted by Gasteiger charge is -2.19. The lowest BCUT2D eigenvalue weighted by atomic mass is 9.90. The Hall–Kier alpha value is -3.36. The molecule has 0 spiro atoms. The summed E-state index contributed by atoms with van der Waals surface area (Å²) in [6, 6.07) is 8.83. The largest absolute Gasteiger partial charge is 0.465 e. The van der Waals surface area contributed by atoms with Gasteiger partial charge in [0.25, 0.3) is 0 Å². The maximum atomic E-state index is 13.5. The number of carbonyl (C=O) groups excluding carboxylic acids is 1. The molecule has 30 heavy (non-hydrogen) atoms. The minimum atomic E-state index is -4.76. The van der Waals surface area contributed by atoms with Gasteiger partial charge in [-0.05, 0) is 23.3 Å². The zero-order valence-corrected chi connectivity index (χ0v) is 15.3. The highest BCUT2D eigenvalue weighted by molar-refractivity contribution is 6.04. The third kappa shape index (κ3) is 4.00. The van der Waals surface area contributed by atoms with Gasteiger partial charge in [0.1, 0.15) is 0 Å². The average molecular weight is 425 g/mol. The highest BCUT2D eigenvalue weighted by Crippen LogP contribution is 2.42. The van der Waals surface area contributed by atoms with E-state index in [1.54, 1.807) is 0 Å². The first-order valence-corrected chi connectivity index (χ1v) is 8.45. The number of nitrogens with zero attached hydrogens (tertiary/aromatic N) is 1. The van der Waals surface area contributed by atoms with E-state index in [2.05, 4.69) is 9.72 Å². The zero-order valence-electron chi connectivity index (χ0n) is 15.3. The molecule has 0 saturated heterocycles. The fraction of sp³-hybridized carbons (Fsp3) is 0.143. The van der Waals surface area contributed by atoms with Gasteiger partial charge in [0.05, 0.1) is 23.8 Å². The van der Waals surface area contributed by atoms with Crippen molar-refractivity contribution < 1.29 is 35.9 Å². The van der Waals surface area contributed by atoms with Gasteiger partial charge in [0, 0.05) is 23.5 Å². The number of hydrogen-bond donors (Lipinski definition) is 0. The number of carbonyl (C=O) groups is 1. The molecule has 0 aliphatic rings. The van der Waals surface area contributed by atoms with Crippen LogP contribution in [0.25, 0.3) is 22.3 Å². The number of ether oxygens (including phenoxy) is 1. The molecule has 0 N–H and O–H groups in total. The fourth-order valence-electron chi connectivity index (χ4n) is 3.12. The van der Waals surface area contributed by atoms with E-state index in [0.29, 0.717) is 0 Å². The second-order valence-corrected chi connectivity index (χ2v) is 6.19. The van der Waals surface area contributed by atoms with Crippen molar-refractivity contribution in [2.45, 2.75) is 12.4 Å². The molecule has 2 aromatic carbocycles. The predicted molar refractivity (Wildman–Crippen MR) is 96.5 cm³/mol. The molecular weight excluding hydrogens is 412 g/mol. The summed E-state index contributed by atoms with van der Waals surface area (Å²) in [5, 5.41) is 0. The molecule has 0 bridgehead atoms. The van der Waals surface area contributed by atoms with Crippen molar-refractivity contribution in [3.8, 4) is 22.3 Å². The Bertz CT molecular complexity index is 1010. The highest BCUT2D eigenvalue weighted by atomic mass is 19.4. The molecule has 0 atom stereocenters. The number of hydrogen-bond acceptors (Lipinski definition) is 3. The van der Waals surface area contributed by atoms with E-state index in [-0.39, 0.29) is 11.1 Å². The summed E-state index contributed by atoms with van der Waals surface area (Å²) in [5.74, 6) is -1.09. The van der Waals surface area contributed by atoms with Crippen LogP contribution in [0, 0.1) is 0 Å². The van der Waals surface area contributed by atoms with E-state index in [1.165, 1.54) is 24.3 Å². The summed E-state index contributed by atoms with van der Waals surface area (Å²) in [7, 11) is 0.988. The van der Waals surface area contributed by atoms with Crippen LogP contribution < -0.4 is 0 Å². The monoisotopic (exact) mass is 425 g/mol. The van der Waals surface area contributed by atoms with E-state index in [4.69, 9.17) is 0 Å². The third-order valence-electron chi connectivity index (χ3n) is 4.38. The molecule has 1 aromatic heterocycles. The second kappa shape index (κ2) is 7.81. The number of methoxy groups -OCH3 is 1. The van der Waals surface area contributed by atoms with Crippen LogP contribution in [0.2, 0.25) is 0 Å². The molecular formula is C21H13F6NO2. The minimum Gasteiger partial charge on any atom is -0.465 e. The summed E-state index contributed by atoms with van der Waals surface area (Å²) < 4.78 is 85.7. The first-order chi connectivity index (χ1) is 14.1. The first-order valence-electron chi connectivity index (χ1n) is 8.45. The van der Waals surface area contributed by atoms with Gasteiger partial charge in [0.15, 0.2) is 0 Å². The van der Waals surface area contributed by atoms with E-state index < -0.39 is 46.1 Å². The van der Waals surface area contributed by atoms with Crippen molar-refractivity contribution in [1.29, 1.82) is 0 Å². The molecule has 3 rings (SSSR count). The van der Waals surface area contributed by atoms with Crippen molar-refractivity contribution in [3.05, 3.63) is 77.6 Å². The summed E-state index contributed by atoms with van der Waals surface area (Å²) >= 11 is 0. The molecule has 3 nitrogen and oxygen atoms in total. The van der Waals surface area contributed by atoms with Crippen molar-refractivity contribution >= 4 is 5.97 Å². The molecule has 0 amide bonds. The Kier molecular flexibility index (Phi) is 5.56. The van der Waals surface area contributed by atoms with Crippen LogP contribution in [0.15, 0.2) is 60.9 Å². The Morgan fingerprint density at radius 2 is 1.13 bits per heavy atom. The molecule has 0 fully saturated rings. The summed E-state index contributed by atoms with van der Waals surface area (Å²) in [5.41, 5.74) is -3.93. The number of halogens is 6. The first kappa shape index (κ1) is 21.4. The van der Waals surface area contributed by atoms with Crippen molar-refractivity contribution in [2.24, 2.45) is 0 Å². The Balaban J connectivity index is 2.39. The van der Waals surface area contributed by atoms with Gasteiger partial charge in [-0.3, -0.25) is 4.98 Å². The number of alkyl halides is 6. The topological polar surface area (TPSA) is 39.2 Å². The van der Waals surface area contributed by atoms with Crippen molar-refractivity contribution in [1.82, 2.24) is 4.98 Å². The molecule has 3 aromatic rings. The average Bonchev–Trinajstić information content (AvgIpc) is 2.71. The number of esters is 1. The SMILES string of the molecule is COC(=O)c1c(-c2ccccc2C(F)(F)F)cncc1-c1ccccc1C(F)(F)F. The Labute approximate surface area is 166 Å². The Morgan fingerprint density at radius 3 is 1.50 bits per heavy atom. The van der Waals surface area contributed by atoms with Gasteiger partial charge >= 0.3 is 18.3 Å². The quantitative estimate of drug-likeness (QED) is 0.368. The van der Waals surface area contributed by atoms with Crippen LogP contribution >= 0.6 is 0 Å². The molecule has 9 heteroatoms. The van der Waals surface area contributed by atoms with Crippen LogP contribution in [0.1, 0.15) is 21.5 Å². The lowest BCUT2D eigenvalue weighted by molar-refractivity contribution is -0.137. The molecule has 0 aliphatic carbocycles. The standard InChI is InChI=1S/C21H13F6NO2/c1-30-19(29)18-14(12-6-2-4-8-16(12)20(22,23)24)10-28-11-15(18)13-7-3-5-9-17(13)21(25,26)27/h2-11H,1H3. The Morgan fingerprint density at radius 1 is 0.733 bits per heavy atom. The van der Waals surface area contributed by atoms with Gasteiger partial charge in [-0.25, -0.2) is 4.79 Å². The van der Waals surface area contributed by atoms with Crippen molar-refractivity contribution in [3.63, 3.8) is 0 Å². The number of aromatic nitrogens is 1. The van der Waals surface area contributed by atoms with E-state index in [1.807, 2.05) is 0 Å². The normalized spacial score (nSPS) is 12.0. The molecule has 1 heterocycles. The molecule has 156 valence electrons. The second-order valence-electron chi connectivity index (χ2n) is 6.19. The summed E-state index contributed by atoms with van der Waals surface area (Å²) in [4.78, 5) is 16.3. The van der Waals surface area contributed by atoms with Crippen LogP contribution in [-0.2, 0) is 17.1 Å². The fourth-order valence-corrected chi connectivity index (χ4v) is 3.12. The van der Waals surface area contributed by atoms with Gasteiger partial charge in [0.2, 0.25) is 0 Å². The van der Waals surface area contributed by atoms with Crippen LogP contribution in [-0.4, -0.2) is 18.1 Å². The van der Waals surface area contributed by atoms with Crippen molar-refractivity contribution in [2.75, 3.05) is 7.11 Å². The summed E-state index contributed by atoms with van der Waals surface area (Å²) in [6.07, 6.45) is -7.53. The smallest absolute Gasteiger partial charge is 0.417 e. The molecule has 0 unspecified atom stereocenters. The van der Waals surface area contributed by atoms with Gasteiger partial charge in [-0.2, -0.15) is 26.3 Å². The van der Waals surface area contributed by atoms with Crippen LogP contribution in [0.3, 0.4) is 0 Å². The van der Waals surface area contributed by atoms with E-state index >= 15 is 0 Å². The maximum Gasteiger partial charge on any atom is 0.417 e. The predicted octanol–water partition coefficient (Wildman–Crippen LogP) is 6.24. The minimum absolute atomic E-state index is 0.288. The van der Waals surface area contributed by atoms with E-state index in [0.717, 1.165) is 43.8 Å². The van der Waals surface area contributed by atoms with Crippen LogP contribution in [0.5, 0.6) is 0 Å². The molecule has 0 radical (unpaired) electrons. The highest BCUT2D eigenvalue weighted by Gasteiger charge is 2.37. The van der Waals surface area contributed by atoms with E-state index in [9.17, 15) is 31.1 Å². The maximum absolute atomic E-state index is 13.5. The zero-order chi connectivity index (χ0) is 22.1. The van der Waals surface area contributed by atoms with Gasteiger partial charge in [-0.15, -0.1) is 0 Å². The number of pyridine rings is 1. The molecule has 0 aliphatic heterocycles. The molecule has 0 saturated carbocycles.